The number of hydrogen-bond donors (Lipinski definition) is 1. The zero-order valence-electron chi connectivity index (χ0n) is 4.70. The molecule has 0 rings (SSSR count). The average Bonchev–Trinajstić information content (AvgIpc) is 1.61. The minimum absolute atomic E-state index is 0.429. The molecule has 0 bridgehead atoms. The van der Waals surface area contributed by atoms with Gasteiger partial charge in [-0.2, -0.15) is 0 Å². The van der Waals surface area contributed by atoms with E-state index in [9.17, 15) is 0 Å². The van der Waals surface area contributed by atoms with E-state index in [0.717, 1.165) is 4.91 Å². The maximum atomic E-state index is 5.35. The van der Waals surface area contributed by atoms with Gasteiger partial charge in [0.1, 0.15) is 5.16 Å². The first kappa shape index (κ1) is 7.92. The van der Waals surface area contributed by atoms with Gasteiger partial charge in [0.2, 0.25) is 0 Å². The highest BCUT2D eigenvalue weighted by molar-refractivity contribution is 8.01. The third-order valence-electron chi connectivity index (χ3n) is 0.336. The fraction of sp³-hybridized carbons (Fsp3) is 0.200. The summed E-state index contributed by atoms with van der Waals surface area (Å²) < 4.78 is 2.73. The van der Waals surface area contributed by atoms with Crippen molar-refractivity contribution in [2.45, 2.75) is 6.92 Å². The highest BCUT2D eigenvalue weighted by Gasteiger charge is 1.84. The van der Waals surface area contributed by atoms with Crippen molar-refractivity contribution in [2.75, 3.05) is 0 Å². The fourth-order valence-electron chi connectivity index (χ4n) is 0.142. The second kappa shape index (κ2) is 3.87. The van der Waals surface area contributed by atoms with Crippen LogP contribution in [0.2, 0.25) is 0 Å². The normalized spacial score (nSPS) is 8.25. The summed E-state index contributed by atoms with van der Waals surface area (Å²) in [6.45, 7) is 8.93. The first-order valence-electron chi connectivity index (χ1n) is 2.05. The molecule has 3 heteroatoms. The van der Waals surface area contributed by atoms with Crippen molar-refractivity contribution in [3.05, 3.63) is 23.2 Å². The lowest BCUT2D eigenvalue weighted by Gasteiger charge is -1.98. The largest absolute Gasteiger partial charge is 0.317 e. The van der Waals surface area contributed by atoms with Gasteiger partial charge in [-0.1, -0.05) is 24.8 Å². The van der Waals surface area contributed by atoms with Crippen LogP contribution >= 0.6 is 23.5 Å². The van der Waals surface area contributed by atoms with Gasteiger partial charge in [0.15, 0.2) is 0 Å². The summed E-state index contributed by atoms with van der Waals surface area (Å²) in [5.74, 6) is 0. The molecule has 8 heavy (non-hydrogen) atoms. The number of nitrogens with one attached hydrogen (secondary N) is 1. The maximum absolute atomic E-state index is 5.35. The molecule has 0 fully saturated rings. The molecule has 0 radical (unpaired) electrons. The van der Waals surface area contributed by atoms with Gasteiger partial charge in [-0.25, -0.2) is 0 Å². The van der Waals surface area contributed by atoms with Gasteiger partial charge >= 0.3 is 0 Å². The summed E-state index contributed by atoms with van der Waals surface area (Å²) >= 11 is 6.72. The van der Waals surface area contributed by atoms with E-state index in [2.05, 4.69) is 17.9 Å². The van der Waals surface area contributed by atoms with Crippen LogP contribution in [-0.2, 0) is 0 Å². The Kier molecular flexibility index (Phi) is 3.83. The molecule has 1 nitrogen and oxygen atoms in total. The van der Waals surface area contributed by atoms with Crippen LogP contribution in [0.4, 0.5) is 0 Å². The van der Waals surface area contributed by atoms with E-state index >= 15 is 0 Å². The Labute approximate surface area is 58.9 Å². The summed E-state index contributed by atoms with van der Waals surface area (Å²) in [7, 11) is 0. The Bertz CT molecular complexity index is 97.0. The van der Waals surface area contributed by atoms with Gasteiger partial charge in [0, 0.05) is 0 Å². The van der Waals surface area contributed by atoms with Crippen LogP contribution < -0.4 is 4.72 Å². The topological polar surface area (TPSA) is 12.0 Å². The predicted molar refractivity (Wildman–Crippen MR) is 40.5 cm³/mol. The van der Waals surface area contributed by atoms with E-state index in [1.807, 2.05) is 6.92 Å². The average molecular weight is 150 g/mol. The first-order chi connectivity index (χ1) is 3.63. The van der Waals surface area contributed by atoms with Crippen molar-refractivity contribution in [1.29, 1.82) is 0 Å². The minimum atomic E-state index is 0.429. The SMILES string of the molecule is C=C(Cl)NSC(=C)C. The molecule has 46 valence electrons. The lowest BCUT2D eigenvalue weighted by Crippen LogP contribution is -1.93. The maximum Gasteiger partial charge on any atom is 0.105 e. The van der Waals surface area contributed by atoms with Crippen molar-refractivity contribution in [3.8, 4) is 0 Å². The zero-order valence-corrected chi connectivity index (χ0v) is 6.27. The molecule has 0 unspecified atom stereocenters. The Morgan fingerprint density at radius 1 is 1.62 bits per heavy atom. The van der Waals surface area contributed by atoms with E-state index < -0.39 is 0 Å². The number of hydrogen-bond acceptors (Lipinski definition) is 2. The monoisotopic (exact) mass is 149 g/mol. The number of rotatable bonds is 3. The lowest BCUT2D eigenvalue weighted by atomic mass is 10.8. The third-order valence-corrected chi connectivity index (χ3v) is 1.24. The Morgan fingerprint density at radius 2 is 2.12 bits per heavy atom. The van der Waals surface area contributed by atoms with Crippen LogP contribution in [0.15, 0.2) is 23.2 Å². The Morgan fingerprint density at radius 3 is 2.25 bits per heavy atom. The Balaban J connectivity index is 3.18. The van der Waals surface area contributed by atoms with E-state index in [-0.39, 0.29) is 0 Å². The first-order valence-corrected chi connectivity index (χ1v) is 3.25. The Hall–Kier alpha value is -0.0800. The molecule has 0 aliphatic heterocycles. The molecular weight excluding hydrogens is 142 g/mol. The molecule has 0 aromatic rings. The molecule has 0 aromatic carbocycles. The van der Waals surface area contributed by atoms with Gasteiger partial charge < -0.3 is 4.72 Å². The number of allylic oxidation sites excluding steroid dienone is 1. The highest BCUT2D eigenvalue weighted by Crippen LogP contribution is 2.09. The van der Waals surface area contributed by atoms with Crippen LogP contribution in [0.1, 0.15) is 6.92 Å². The van der Waals surface area contributed by atoms with Gasteiger partial charge in [0.05, 0.1) is 0 Å². The van der Waals surface area contributed by atoms with Crippen LogP contribution in [0.5, 0.6) is 0 Å². The molecule has 0 atom stereocenters. The fourth-order valence-corrected chi connectivity index (χ4v) is 0.543. The van der Waals surface area contributed by atoms with Crippen LogP contribution in [0.3, 0.4) is 0 Å². The summed E-state index contributed by atoms with van der Waals surface area (Å²) in [6.07, 6.45) is 0. The molecule has 0 saturated heterocycles. The van der Waals surface area contributed by atoms with E-state index in [1.165, 1.54) is 11.9 Å². The van der Waals surface area contributed by atoms with Gasteiger partial charge in [-0.05, 0) is 23.8 Å². The van der Waals surface area contributed by atoms with Crippen molar-refractivity contribution >= 4 is 23.5 Å². The van der Waals surface area contributed by atoms with Crippen LogP contribution in [0.25, 0.3) is 0 Å². The van der Waals surface area contributed by atoms with Crippen molar-refractivity contribution < 1.29 is 0 Å². The van der Waals surface area contributed by atoms with E-state index in [1.54, 1.807) is 0 Å². The van der Waals surface area contributed by atoms with Gasteiger partial charge in [-0.15, -0.1) is 0 Å². The molecule has 1 N–H and O–H groups in total. The quantitative estimate of drug-likeness (QED) is 0.489. The molecule has 0 heterocycles. The van der Waals surface area contributed by atoms with Crippen molar-refractivity contribution in [1.82, 2.24) is 4.72 Å². The zero-order chi connectivity index (χ0) is 6.57. The smallest absolute Gasteiger partial charge is 0.105 e. The van der Waals surface area contributed by atoms with Crippen LogP contribution in [-0.4, -0.2) is 0 Å². The molecule has 0 spiro atoms. The van der Waals surface area contributed by atoms with Crippen molar-refractivity contribution in [3.63, 3.8) is 0 Å². The van der Waals surface area contributed by atoms with Gasteiger partial charge in [-0.3, -0.25) is 0 Å². The minimum Gasteiger partial charge on any atom is -0.317 e. The summed E-state index contributed by atoms with van der Waals surface area (Å²) in [5, 5.41) is 0.429. The molecule has 0 amide bonds. The number of halogens is 1. The lowest BCUT2D eigenvalue weighted by molar-refractivity contribution is 1.38. The van der Waals surface area contributed by atoms with E-state index in [4.69, 9.17) is 11.6 Å². The highest BCUT2D eigenvalue weighted by atomic mass is 35.5. The second-order valence-electron chi connectivity index (χ2n) is 1.31. The van der Waals surface area contributed by atoms with E-state index in [0.29, 0.717) is 5.16 Å². The molecule has 0 saturated carbocycles. The third kappa shape index (κ3) is 5.92. The standard InChI is InChI=1S/C5H8ClNS/c1-4(2)8-7-5(3)6/h7H,1,3H2,2H3. The molecule has 0 aliphatic carbocycles. The molecule has 0 aromatic heterocycles. The summed E-state index contributed by atoms with van der Waals surface area (Å²) in [5.41, 5.74) is 0. The predicted octanol–water partition coefficient (Wildman–Crippen LogP) is 2.47. The van der Waals surface area contributed by atoms with Crippen molar-refractivity contribution in [2.24, 2.45) is 0 Å². The molecule has 0 aliphatic rings. The summed E-state index contributed by atoms with van der Waals surface area (Å²) in [6, 6.07) is 0. The van der Waals surface area contributed by atoms with Crippen LogP contribution in [0, 0.1) is 0 Å². The second-order valence-corrected chi connectivity index (χ2v) is 2.87. The van der Waals surface area contributed by atoms with Gasteiger partial charge in [0.25, 0.3) is 0 Å². The molecular formula is C5H8ClNS. The summed E-state index contributed by atoms with van der Waals surface area (Å²) in [4.78, 5) is 0.965.